The SMILES string of the molecule is CN(C)CCNC(=O)[C@@H]1CCCN1CCCc1ccc(-c2cnc3c(-c4ccccc4)cnn3c2)cc1. The van der Waals surface area contributed by atoms with Crippen molar-refractivity contribution in [1.82, 2.24) is 29.7 Å². The third kappa shape index (κ3) is 6.06. The van der Waals surface area contributed by atoms with Gasteiger partial charge < -0.3 is 10.2 Å². The smallest absolute Gasteiger partial charge is 0.237 e. The van der Waals surface area contributed by atoms with E-state index in [4.69, 9.17) is 4.98 Å². The van der Waals surface area contributed by atoms with Gasteiger partial charge in [-0.25, -0.2) is 9.50 Å². The van der Waals surface area contributed by atoms with Crippen molar-refractivity contribution in [1.29, 1.82) is 0 Å². The minimum absolute atomic E-state index is 0.0247. The van der Waals surface area contributed by atoms with Crippen molar-refractivity contribution < 1.29 is 4.79 Å². The fourth-order valence-corrected chi connectivity index (χ4v) is 5.11. The van der Waals surface area contributed by atoms with Crippen LogP contribution in [0.15, 0.2) is 73.2 Å². The third-order valence-corrected chi connectivity index (χ3v) is 7.16. The number of fused-ring (bicyclic) bond motifs is 1. The minimum atomic E-state index is 0.0247. The molecule has 7 nitrogen and oxygen atoms in total. The highest BCUT2D eigenvalue weighted by atomic mass is 16.2. The molecule has 1 fully saturated rings. The molecular weight excluding hydrogens is 460 g/mol. The first-order chi connectivity index (χ1) is 18.1. The maximum atomic E-state index is 12.6. The molecule has 2 aromatic heterocycles. The van der Waals surface area contributed by atoms with Crippen molar-refractivity contribution in [3.63, 3.8) is 0 Å². The van der Waals surface area contributed by atoms with E-state index in [-0.39, 0.29) is 11.9 Å². The Labute approximate surface area is 219 Å². The number of nitrogens with one attached hydrogen (secondary N) is 1. The summed E-state index contributed by atoms with van der Waals surface area (Å²) in [4.78, 5) is 21.8. The predicted molar refractivity (Wildman–Crippen MR) is 148 cm³/mol. The minimum Gasteiger partial charge on any atom is -0.353 e. The molecule has 4 aromatic rings. The van der Waals surface area contributed by atoms with E-state index in [2.05, 4.69) is 56.6 Å². The number of hydrogen-bond donors (Lipinski definition) is 1. The van der Waals surface area contributed by atoms with Crippen LogP contribution in [0.1, 0.15) is 24.8 Å². The maximum Gasteiger partial charge on any atom is 0.237 e. The number of rotatable bonds is 10. The first-order valence-corrected chi connectivity index (χ1v) is 13.2. The van der Waals surface area contributed by atoms with E-state index < -0.39 is 0 Å². The number of aryl methyl sites for hydroxylation is 1. The van der Waals surface area contributed by atoms with E-state index in [0.29, 0.717) is 6.54 Å². The van der Waals surface area contributed by atoms with E-state index >= 15 is 0 Å². The lowest BCUT2D eigenvalue weighted by molar-refractivity contribution is -0.125. The van der Waals surface area contributed by atoms with Gasteiger partial charge in [-0.05, 0) is 69.6 Å². The van der Waals surface area contributed by atoms with Crippen molar-refractivity contribution in [3.05, 3.63) is 78.8 Å². The molecule has 0 bridgehead atoms. The quantitative estimate of drug-likeness (QED) is 0.358. The van der Waals surface area contributed by atoms with Crippen LogP contribution >= 0.6 is 0 Å². The fourth-order valence-electron chi connectivity index (χ4n) is 5.11. The number of amides is 1. The zero-order chi connectivity index (χ0) is 25.6. The number of carbonyl (C=O) groups is 1. The number of likely N-dealkylation sites (tertiary alicyclic amines) is 1. The van der Waals surface area contributed by atoms with Crippen molar-refractivity contribution in [3.8, 4) is 22.3 Å². The van der Waals surface area contributed by atoms with Gasteiger partial charge in [-0.15, -0.1) is 0 Å². The summed E-state index contributed by atoms with van der Waals surface area (Å²) in [5.41, 5.74) is 6.50. The van der Waals surface area contributed by atoms with Gasteiger partial charge in [-0.1, -0.05) is 54.6 Å². The summed E-state index contributed by atoms with van der Waals surface area (Å²) in [5, 5.41) is 7.64. The van der Waals surface area contributed by atoms with Crippen LogP contribution in [0, 0.1) is 0 Å². The zero-order valence-electron chi connectivity index (χ0n) is 21.8. The molecule has 0 unspecified atom stereocenters. The van der Waals surface area contributed by atoms with Crippen LogP contribution < -0.4 is 5.32 Å². The van der Waals surface area contributed by atoms with Crippen LogP contribution in [0.2, 0.25) is 0 Å². The summed E-state index contributed by atoms with van der Waals surface area (Å²) in [7, 11) is 4.05. The third-order valence-electron chi connectivity index (χ3n) is 7.16. The van der Waals surface area contributed by atoms with Crippen LogP contribution in [0.5, 0.6) is 0 Å². The predicted octanol–water partition coefficient (Wildman–Crippen LogP) is 4.14. The monoisotopic (exact) mass is 496 g/mol. The summed E-state index contributed by atoms with van der Waals surface area (Å²) < 4.78 is 1.86. The highest BCUT2D eigenvalue weighted by molar-refractivity contribution is 5.82. The van der Waals surface area contributed by atoms with E-state index in [1.807, 2.05) is 55.4 Å². The summed E-state index contributed by atoms with van der Waals surface area (Å²) in [6, 6.07) is 19.0. The first-order valence-electron chi connectivity index (χ1n) is 13.2. The van der Waals surface area contributed by atoms with Gasteiger partial charge in [-0.3, -0.25) is 9.69 Å². The van der Waals surface area contributed by atoms with Crippen LogP contribution in [-0.4, -0.2) is 76.6 Å². The Kier molecular flexibility index (Phi) is 7.92. The second-order valence-electron chi connectivity index (χ2n) is 10.1. The van der Waals surface area contributed by atoms with Crippen molar-refractivity contribution >= 4 is 11.6 Å². The lowest BCUT2D eigenvalue weighted by atomic mass is 10.0. The molecule has 7 heteroatoms. The Morgan fingerprint density at radius 3 is 2.62 bits per heavy atom. The van der Waals surface area contributed by atoms with Crippen LogP contribution in [0.4, 0.5) is 0 Å². The molecule has 1 aliphatic heterocycles. The molecule has 0 saturated carbocycles. The Morgan fingerprint density at radius 2 is 1.84 bits per heavy atom. The molecule has 1 N–H and O–H groups in total. The number of aromatic nitrogens is 3. The highest BCUT2D eigenvalue weighted by Gasteiger charge is 2.29. The molecule has 37 heavy (non-hydrogen) atoms. The van der Waals surface area contributed by atoms with Gasteiger partial charge in [0.2, 0.25) is 5.91 Å². The van der Waals surface area contributed by atoms with E-state index in [1.165, 1.54) is 5.56 Å². The largest absolute Gasteiger partial charge is 0.353 e. The Hall–Kier alpha value is -3.55. The summed E-state index contributed by atoms with van der Waals surface area (Å²) in [6.07, 6.45) is 9.96. The van der Waals surface area contributed by atoms with Gasteiger partial charge in [-0.2, -0.15) is 5.10 Å². The molecule has 192 valence electrons. The van der Waals surface area contributed by atoms with Crippen LogP contribution in [0.3, 0.4) is 0 Å². The molecule has 0 radical (unpaired) electrons. The van der Waals surface area contributed by atoms with Gasteiger partial charge in [0.1, 0.15) is 0 Å². The molecule has 1 amide bonds. The standard InChI is InChI=1S/C30H36N6O/c1-34(2)19-16-31-30(37)28-11-7-18-35(28)17-6-8-23-12-14-24(15-13-23)26-20-32-29-27(21-33-36(29)22-26)25-9-4-3-5-10-25/h3-5,9-10,12-15,20-22,28H,6-8,11,16-19H2,1-2H3,(H,31,37)/t28-/m0/s1. The summed E-state index contributed by atoms with van der Waals surface area (Å²) in [6.45, 7) is 3.55. The van der Waals surface area contributed by atoms with E-state index in [0.717, 1.165) is 73.2 Å². The molecule has 1 saturated heterocycles. The molecule has 1 atom stereocenters. The van der Waals surface area contributed by atoms with Gasteiger partial charge in [0.15, 0.2) is 5.65 Å². The number of carbonyl (C=O) groups excluding carboxylic acids is 1. The Balaban J connectivity index is 1.16. The Bertz CT molecular complexity index is 1320. The molecule has 2 aromatic carbocycles. The van der Waals surface area contributed by atoms with Gasteiger partial charge >= 0.3 is 0 Å². The number of nitrogens with zero attached hydrogens (tertiary/aromatic N) is 5. The van der Waals surface area contributed by atoms with Crippen molar-refractivity contribution in [2.45, 2.75) is 31.7 Å². The van der Waals surface area contributed by atoms with Crippen molar-refractivity contribution in [2.75, 3.05) is 40.3 Å². The number of hydrogen-bond acceptors (Lipinski definition) is 5. The number of likely N-dealkylation sites (N-methyl/N-ethyl adjacent to an activating group) is 1. The topological polar surface area (TPSA) is 65.8 Å². The van der Waals surface area contributed by atoms with Crippen LogP contribution in [-0.2, 0) is 11.2 Å². The lowest BCUT2D eigenvalue weighted by Gasteiger charge is -2.24. The summed E-state index contributed by atoms with van der Waals surface area (Å²) >= 11 is 0. The van der Waals surface area contributed by atoms with Crippen LogP contribution in [0.25, 0.3) is 27.9 Å². The normalized spacial score (nSPS) is 16.0. The molecule has 1 aliphatic rings. The molecular formula is C30H36N6O. The zero-order valence-corrected chi connectivity index (χ0v) is 21.8. The second kappa shape index (κ2) is 11.7. The summed E-state index contributed by atoms with van der Waals surface area (Å²) in [5.74, 6) is 0.183. The number of benzene rings is 2. The lowest BCUT2D eigenvalue weighted by Crippen LogP contribution is -2.45. The second-order valence-corrected chi connectivity index (χ2v) is 10.1. The molecule has 5 rings (SSSR count). The van der Waals surface area contributed by atoms with Gasteiger partial charge in [0.25, 0.3) is 0 Å². The van der Waals surface area contributed by atoms with Gasteiger partial charge in [0, 0.05) is 36.6 Å². The highest BCUT2D eigenvalue weighted by Crippen LogP contribution is 2.26. The molecule has 0 spiro atoms. The molecule has 0 aliphatic carbocycles. The fraction of sp³-hybridized carbons (Fsp3) is 0.367. The average Bonchev–Trinajstić information content (AvgIpc) is 3.56. The average molecular weight is 497 g/mol. The maximum absolute atomic E-state index is 12.6. The van der Waals surface area contributed by atoms with Gasteiger partial charge in [0.05, 0.1) is 12.2 Å². The van der Waals surface area contributed by atoms with Crippen molar-refractivity contribution in [2.24, 2.45) is 0 Å². The Morgan fingerprint density at radius 1 is 1.03 bits per heavy atom. The first kappa shape index (κ1) is 25.1. The van der Waals surface area contributed by atoms with E-state index in [9.17, 15) is 4.79 Å². The molecule has 3 heterocycles. The van der Waals surface area contributed by atoms with E-state index in [1.54, 1.807) is 0 Å².